The number of likely N-dealkylation sites (tertiary alicyclic amines) is 1. The number of carbonyl (C=O) groups is 1. The summed E-state index contributed by atoms with van der Waals surface area (Å²) in [5, 5.41) is 9.18. The third kappa shape index (κ3) is 3.96. The molecule has 1 amide bonds. The number of nitrogens with two attached hydrogens (primary N) is 1. The van der Waals surface area contributed by atoms with Gasteiger partial charge in [-0.25, -0.2) is 13.2 Å². The molecule has 27 heavy (non-hydrogen) atoms. The molecule has 0 aliphatic carbocycles. The first-order valence-electron chi connectivity index (χ1n) is 8.51. The van der Waals surface area contributed by atoms with Gasteiger partial charge in [-0.15, -0.1) is 0 Å². The first-order valence-corrected chi connectivity index (χ1v) is 8.51. The number of nitriles is 1. The van der Waals surface area contributed by atoms with Crippen LogP contribution in [0.1, 0.15) is 23.5 Å². The lowest BCUT2D eigenvalue weighted by atomic mass is 9.84. The summed E-state index contributed by atoms with van der Waals surface area (Å²) < 4.78 is 40.3. The van der Waals surface area contributed by atoms with Crippen LogP contribution in [-0.4, -0.2) is 35.6 Å². The van der Waals surface area contributed by atoms with Crippen molar-refractivity contribution in [2.75, 3.05) is 6.54 Å². The number of hydrogen-bond donors (Lipinski definition) is 1. The molecule has 0 radical (unpaired) electrons. The summed E-state index contributed by atoms with van der Waals surface area (Å²) >= 11 is 0. The normalized spacial score (nSPS) is 20.5. The molecule has 1 fully saturated rings. The van der Waals surface area contributed by atoms with Crippen molar-refractivity contribution in [3.8, 4) is 6.07 Å². The van der Waals surface area contributed by atoms with Gasteiger partial charge in [0, 0.05) is 12.3 Å². The predicted octanol–water partition coefficient (Wildman–Crippen LogP) is 2.89. The summed E-state index contributed by atoms with van der Waals surface area (Å²) in [6.07, 6.45) is -1.33. The molecule has 1 unspecified atom stereocenters. The van der Waals surface area contributed by atoms with Crippen molar-refractivity contribution in [2.45, 2.75) is 30.6 Å². The Morgan fingerprint density at radius 3 is 2.00 bits per heavy atom. The Morgan fingerprint density at radius 1 is 1.07 bits per heavy atom. The molecule has 2 aromatic rings. The maximum atomic E-state index is 13.7. The molecule has 2 aromatic carbocycles. The Morgan fingerprint density at radius 2 is 1.56 bits per heavy atom. The van der Waals surface area contributed by atoms with E-state index >= 15 is 0 Å². The van der Waals surface area contributed by atoms with Gasteiger partial charge >= 0.3 is 0 Å². The number of benzene rings is 2. The van der Waals surface area contributed by atoms with E-state index in [1.165, 1.54) is 48.5 Å². The summed E-state index contributed by atoms with van der Waals surface area (Å²) in [6.45, 7) is -0.190. The van der Waals surface area contributed by atoms with Gasteiger partial charge in [-0.05, 0) is 35.4 Å². The Hall–Kier alpha value is -2.85. The van der Waals surface area contributed by atoms with E-state index in [0.29, 0.717) is 11.1 Å². The summed E-state index contributed by atoms with van der Waals surface area (Å²) in [7, 11) is 0. The monoisotopic (exact) mass is 373 g/mol. The molecule has 1 aliphatic heterocycles. The predicted molar refractivity (Wildman–Crippen MR) is 93.2 cm³/mol. The van der Waals surface area contributed by atoms with Crippen LogP contribution in [0.15, 0.2) is 48.5 Å². The summed E-state index contributed by atoms with van der Waals surface area (Å²) in [5.41, 5.74) is 7.36. The molecule has 1 saturated heterocycles. The summed E-state index contributed by atoms with van der Waals surface area (Å²) in [5.74, 6) is -2.15. The summed E-state index contributed by atoms with van der Waals surface area (Å²) in [6, 6.07) is 10.9. The van der Waals surface area contributed by atoms with Crippen molar-refractivity contribution in [1.82, 2.24) is 4.90 Å². The van der Waals surface area contributed by atoms with Gasteiger partial charge in [0.2, 0.25) is 5.91 Å². The van der Waals surface area contributed by atoms with E-state index in [1.807, 2.05) is 6.07 Å². The number of carbonyl (C=O) groups excluding carboxylic acids is 1. The lowest BCUT2D eigenvalue weighted by Crippen LogP contribution is -2.49. The fourth-order valence-electron chi connectivity index (χ4n) is 3.43. The highest BCUT2D eigenvalue weighted by Gasteiger charge is 2.40. The van der Waals surface area contributed by atoms with E-state index in [-0.39, 0.29) is 13.0 Å². The van der Waals surface area contributed by atoms with Gasteiger partial charge in [-0.3, -0.25) is 4.79 Å². The van der Waals surface area contributed by atoms with Gasteiger partial charge in [0.1, 0.15) is 23.8 Å². The molecule has 140 valence electrons. The highest BCUT2D eigenvalue weighted by Crippen LogP contribution is 2.30. The second kappa shape index (κ2) is 7.80. The van der Waals surface area contributed by atoms with Crippen LogP contribution < -0.4 is 5.73 Å². The molecule has 0 spiro atoms. The van der Waals surface area contributed by atoms with Gasteiger partial charge in [-0.2, -0.15) is 5.26 Å². The number of rotatable bonds is 4. The van der Waals surface area contributed by atoms with Crippen molar-refractivity contribution >= 4 is 5.91 Å². The lowest BCUT2D eigenvalue weighted by Gasteiger charge is -2.29. The highest BCUT2D eigenvalue weighted by atomic mass is 19.1. The van der Waals surface area contributed by atoms with Crippen molar-refractivity contribution < 1.29 is 18.0 Å². The molecule has 4 nitrogen and oxygen atoms in total. The molecule has 7 heteroatoms. The largest absolute Gasteiger partial charge is 0.322 e. The number of halogens is 3. The van der Waals surface area contributed by atoms with Gasteiger partial charge in [0.15, 0.2) is 0 Å². The molecule has 3 rings (SSSR count). The Bertz CT molecular complexity index is 803. The molecule has 2 N–H and O–H groups in total. The standard InChI is InChI=1S/C20H18F3N3O/c21-14-5-1-12(2-6-14)18(13-3-7-15(22)8-4-13)19(25)20(27)26-11-16(23)9-17(26)10-24/h1-8,16-19H,9,11,25H2/t16?,17-,19-/m0/s1. The Balaban J connectivity index is 1.96. The fraction of sp³-hybridized carbons (Fsp3) is 0.300. The van der Waals surface area contributed by atoms with E-state index in [1.54, 1.807) is 0 Å². The molecular formula is C20H18F3N3O. The van der Waals surface area contributed by atoms with Crippen molar-refractivity contribution in [3.63, 3.8) is 0 Å². The SMILES string of the molecule is N#C[C@@H]1CC(F)CN1C(=O)[C@@H](N)C(c1ccc(F)cc1)c1ccc(F)cc1. The first kappa shape index (κ1) is 18.9. The lowest BCUT2D eigenvalue weighted by molar-refractivity contribution is -0.133. The quantitative estimate of drug-likeness (QED) is 0.896. The molecule has 0 bridgehead atoms. The molecule has 3 atom stereocenters. The molecule has 1 aliphatic rings. The van der Waals surface area contributed by atoms with Crippen LogP contribution in [0.2, 0.25) is 0 Å². The minimum atomic E-state index is -1.28. The molecular weight excluding hydrogens is 355 g/mol. The smallest absolute Gasteiger partial charge is 0.241 e. The average Bonchev–Trinajstić information content (AvgIpc) is 3.05. The second-order valence-corrected chi connectivity index (χ2v) is 6.58. The minimum absolute atomic E-state index is 0.0489. The van der Waals surface area contributed by atoms with E-state index in [0.717, 1.165) is 4.90 Å². The van der Waals surface area contributed by atoms with E-state index in [9.17, 15) is 23.2 Å². The van der Waals surface area contributed by atoms with Crippen LogP contribution in [0.25, 0.3) is 0 Å². The zero-order valence-electron chi connectivity index (χ0n) is 14.4. The first-order chi connectivity index (χ1) is 12.9. The second-order valence-electron chi connectivity index (χ2n) is 6.58. The van der Waals surface area contributed by atoms with Crippen LogP contribution in [0.4, 0.5) is 13.2 Å². The average molecular weight is 373 g/mol. The number of hydrogen-bond acceptors (Lipinski definition) is 3. The Kier molecular flexibility index (Phi) is 5.47. The van der Waals surface area contributed by atoms with Gasteiger partial charge in [0.05, 0.1) is 18.7 Å². The van der Waals surface area contributed by atoms with E-state index < -0.39 is 41.7 Å². The van der Waals surface area contributed by atoms with Crippen molar-refractivity contribution in [1.29, 1.82) is 5.26 Å². The van der Waals surface area contributed by atoms with Gasteiger partial charge in [-0.1, -0.05) is 24.3 Å². The molecule has 0 aromatic heterocycles. The number of amides is 1. The third-order valence-corrected chi connectivity index (χ3v) is 4.78. The zero-order valence-corrected chi connectivity index (χ0v) is 14.4. The molecule has 1 heterocycles. The summed E-state index contributed by atoms with van der Waals surface area (Å²) in [4.78, 5) is 14.1. The topological polar surface area (TPSA) is 70.1 Å². The van der Waals surface area contributed by atoms with Gasteiger partial charge < -0.3 is 10.6 Å². The van der Waals surface area contributed by atoms with Crippen molar-refractivity contribution in [3.05, 3.63) is 71.3 Å². The maximum Gasteiger partial charge on any atom is 0.241 e. The zero-order chi connectivity index (χ0) is 19.6. The highest BCUT2D eigenvalue weighted by molar-refractivity contribution is 5.84. The van der Waals surface area contributed by atoms with Crippen LogP contribution in [0.5, 0.6) is 0 Å². The molecule has 0 saturated carbocycles. The van der Waals surface area contributed by atoms with Crippen LogP contribution in [-0.2, 0) is 4.79 Å². The number of nitrogens with zero attached hydrogens (tertiary/aromatic N) is 2. The minimum Gasteiger partial charge on any atom is -0.322 e. The van der Waals surface area contributed by atoms with Crippen LogP contribution >= 0.6 is 0 Å². The van der Waals surface area contributed by atoms with E-state index in [4.69, 9.17) is 5.73 Å². The van der Waals surface area contributed by atoms with Crippen molar-refractivity contribution in [2.24, 2.45) is 5.73 Å². The van der Waals surface area contributed by atoms with Gasteiger partial charge in [0.25, 0.3) is 0 Å². The maximum absolute atomic E-state index is 13.7. The Labute approximate surface area is 155 Å². The third-order valence-electron chi connectivity index (χ3n) is 4.78. The van der Waals surface area contributed by atoms with Crippen LogP contribution in [0.3, 0.4) is 0 Å². The fourth-order valence-corrected chi connectivity index (χ4v) is 3.43. The van der Waals surface area contributed by atoms with E-state index in [2.05, 4.69) is 0 Å². The number of alkyl halides is 1. The van der Waals surface area contributed by atoms with Crippen LogP contribution in [0, 0.1) is 23.0 Å².